The first-order valence-electron chi connectivity index (χ1n) is 15.7. The number of nitrogens with zero attached hydrogens (tertiary/aromatic N) is 1. The average Bonchev–Trinajstić information content (AvgIpc) is 3.51. The fourth-order valence-electron chi connectivity index (χ4n) is 6.85. The van der Waals surface area contributed by atoms with Crippen LogP contribution in [0, 0.1) is 0 Å². The first-order chi connectivity index (χ1) is 22.8. The van der Waals surface area contributed by atoms with Crippen LogP contribution in [0.2, 0.25) is 0 Å². The van der Waals surface area contributed by atoms with Crippen molar-refractivity contribution >= 4 is 70.1 Å². The van der Waals surface area contributed by atoms with E-state index >= 15 is 0 Å². The summed E-state index contributed by atoms with van der Waals surface area (Å²) in [5.74, 6) is 0. The Kier molecular flexibility index (Phi) is 6.40. The van der Waals surface area contributed by atoms with Crippen LogP contribution >= 0.6 is 11.3 Å². The van der Waals surface area contributed by atoms with Gasteiger partial charge in [0.05, 0.1) is 5.69 Å². The Balaban J connectivity index is 1.27. The van der Waals surface area contributed by atoms with Crippen molar-refractivity contribution in [2.75, 3.05) is 4.90 Å². The van der Waals surface area contributed by atoms with Gasteiger partial charge in [0, 0.05) is 37.1 Å². The van der Waals surface area contributed by atoms with E-state index in [1.165, 1.54) is 64.0 Å². The summed E-state index contributed by atoms with van der Waals surface area (Å²) in [4.78, 5) is 2.43. The fraction of sp³-hybridized carbons (Fsp3) is 0. The molecule has 0 atom stereocenters. The van der Waals surface area contributed by atoms with Crippen LogP contribution in [0.15, 0.2) is 176 Å². The maximum absolute atomic E-state index is 2.43. The monoisotopic (exact) mass is 603 g/mol. The van der Waals surface area contributed by atoms with Crippen LogP contribution in [0.4, 0.5) is 17.1 Å². The Bertz CT molecular complexity index is 2520. The minimum Gasteiger partial charge on any atom is -0.310 e. The van der Waals surface area contributed by atoms with Crippen molar-refractivity contribution in [2.45, 2.75) is 0 Å². The molecule has 0 saturated carbocycles. The molecule has 1 aromatic heterocycles. The smallest absolute Gasteiger partial charge is 0.0540 e. The van der Waals surface area contributed by atoms with E-state index in [9.17, 15) is 0 Å². The molecule has 9 rings (SSSR count). The Morgan fingerprint density at radius 1 is 0.370 bits per heavy atom. The molecular formula is C44H29NS. The van der Waals surface area contributed by atoms with E-state index in [0.717, 1.165) is 17.1 Å². The van der Waals surface area contributed by atoms with Crippen LogP contribution in [0.25, 0.3) is 64.0 Å². The van der Waals surface area contributed by atoms with E-state index in [-0.39, 0.29) is 0 Å². The second-order valence-corrected chi connectivity index (χ2v) is 12.8. The Morgan fingerprint density at radius 3 is 1.85 bits per heavy atom. The molecule has 0 amide bonds. The van der Waals surface area contributed by atoms with E-state index in [0.29, 0.717) is 0 Å². The van der Waals surface area contributed by atoms with Gasteiger partial charge in [-0.05, 0) is 74.6 Å². The van der Waals surface area contributed by atoms with Gasteiger partial charge in [0.15, 0.2) is 0 Å². The maximum Gasteiger partial charge on any atom is 0.0540 e. The van der Waals surface area contributed by atoms with Gasteiger partial charge in [-0.25, -0.2) is 0 Å². The number of hydrogen-bond donors (Lipinski definition) is 0. The summed E-state index contributed by atoms with van der Waals surface area (Å²) in [6.07, 6.45) is 0. The van der Waals surface area contributed by atoms with Crippen molar-refractivity contribution in [3.63, 3.8) is 0 Å². The molecule has 0 aliphatic rings. The van der Waals surface area contributed by atoms with Gasteiger partial charge >= 0.3 is 0 Å². The van der Waals surface area contributed by atoms with Gasteiger partial charge in [-0.3, -0.25) is 0 Å². The standard InChI is InChI=1S/C44H29NS/c1-2-11-30(12-3-1)31-21-24-34(25-22-31)45(42-20-9-8-18-39(42)38-19-10-15-32-13-4-6-16-36(32)38)35-26-28-43-41(29-35)40-27-23-33-14-5-7-17-37(33)44(40)46-43/h1-29H. The fourth-order valence-corrected chi connectivity index (χ4v) is 8.07. The Hall–Kier alpha value is -5.70. The van der Waals surface area contributed by atoms with Crippen molar-refractivity contribution in [3.8, 4) is 22.3 Å². The summed E-state index contributed by atoms with van der Waals surface area (Å²) in [5, 5.41) is 7.69. The molecule has 0 unspecified atom stereocenters. The Morgan fingerprint density at radius 2 is 1.00 bits per heavy atom. The predicted molar refractivity (Wildman–Crippen MR) is 200 cm³/mol. The summed E-state index contributed by atoms with van der Waals surface area (Å²) < 4.78 is 2.65. The third-order valence-corrected chi connectivity index (χ3v) is 10.3. The quantitative estimate of drug-likeness (QED) is 0.189. The zero-order valence-corrected chi connectivity index (χ0v) is 25.9. The second-order valence-electron chi connectivity index (χ2n) is 11.7. The van der Waals surface area contributed by atoms with Crippen LogP contribution in [-0.4, -0.2) is 0 Å². The lowest BCUT2D eigenvalue weighted by molar-refractivity contribution is 1.29. The van der Waals surface area contributed by atoms with Gasteiger partial charge in [-0.2, -0.15) is 0 Å². The molecule has 0 aliphatic carbocycles. The lowest BCUT2D eigenvalue weighted by Crippen LogP contribution is -2.11. The molecule has 0 bridgehead atoms. The minimum atomic E-state index is 1.12. The van der Waals surface area contributed by atoms with Crippen LogP contribution in [0.3, 0.4) is 0 Å². The Labute approximate surface area is 272 Å². The van der Waals surface area contributed by atoms with Crippen LogP contribution in [0.1, 0.15) is 0 Å². The van der Waals surface area contributed by atoms with Crippen LogP contribution < -0.4 is 4.90 Å². The minimum absolute atomic E-state index is 1.12. The lowest BCUT2D eigenvalue weighted by Gasteiger charge is -2.28. The summed E-state index contributed by atoms with van der Waals surface area (Å²) in [6, 6.07) is 63.9. The molecule has 0 radical (unpaired) electrons. The number of thiophene rings is 1. The predicted octanol–water partition coefficient (Wildman–Crippen LogP) is 13.2. The van der Waals surface area contributed by atoms with Crippen molar-refractivity contribution in [1.29, 1.82) is 0 Å². The third kappa shape index (κ3) is 4.46. The van der Waals surface area contributed by atoms with Crippen molar-refractivity contribution < 1.29 is 0 Å². The van der Waals surface area contributed by atoms with Crippen molar-refractivity contribution in [1.82, 2.24) is 0 Å². The van der Waals surface area contributed by atoms with E-state index in [1.54, 1.807) is 0 Å². The molecule has 1 heterocycles. The van der Waals surface area contributed by atoms with Crippen LogP contribution in [0.5, 0.6) is 0 Å². The molecule has 8 aromatic carbocycles. The van der Waals surface area contributed by atoms with Crippen molar-refractivity contribution in [3.05, 3.63) is 176 Å². The normalized spacial score (nSPS) is 11.5. The molecule has 0 aliphatic heterocycles. The third-order valence-electron chi connectivity index (χ3n) is 9.06. The first kappa shape index (κ1) is 26.7. The molecule has 216 valence electrons. The molecule has 46 heavy (non-hydrogen) atoms. The number of fused-ring (bicyclic) bond motifs is 6. The highest BCUT2D eigenvalue weighted by Crippen LogP contribution is 2.46. The highest BCUT2D eigenvalue weighted by Gasteiger charge is 2.20. The highest BCUT2D eigenvalue weighted by atomic mass is 32.1. The zero-order valence-electron chi connectivity index (χ0n) is 25.1. The maximum atomic E-state index is 2.43. The molecule has 9 aromatic rings. The summed E-state index contributed by atoms with van der Waals surface area (Å²) >= 11 is 1.89. The molecule has 0 fully saturated rings. The van der Waals surface area contributed by atoms with Crippen LogP contribution in [-0.2, 0) is 0 Å². The van der Waals surface area contributed by atoms with Gasteiger partial charge < -0.3 is 4.90 Å². The van der Waals surface area contributed by atoms with Gasteiger partial charge in [0.1, 0.15) is 0 Å². The average molecular weight is 604 g/mol. The van der Waals surface area contributed by atoms with E-state index in [1.807, 2.05) is 11.3 Å². The number of anilines is 3. The highest BCUT2D eigenvalue weighted by molar-refractivity contribution is 7.26. The molecule has 0 saturated heterocycles. The van der Waals surface area contributed by atoms with Crippen molar-refractivity contribution in [2.24, 2.45) is 0 Å². The van der Waals surface area contributed by atoms with Gasteiger partial charge in [0.2, 0.25) is 0 Å². The SMILES string of the molecule is c1ccc(-c2ccc(N(c3ccc4sc5c6ccccc6ccc5c4c3)c3ccccc3-c3cccc4ccccc34)cc2)cc1. The molecular weight excluding hydrogens is 575 g/mol. The van der Waals surface area contributed by atoms with E-state index < -0.39 is 0 Å². The number of benzene rings is 8. The molecule has 0 spiro atoms. The zero-order chi connectivity index (χ0) is 30.5. The number of para-hydroxylation sites is 1. The summed E-state index contributed by atoms with van der Waals surface area (Å²) in [5.41, 5.74) is 8.27. The van der Waals surface area contributed by atoms with E-state index in [2.05, 4.69) is 181 Å². The van der Waals surface area contributed by atoms with Gasteiger partial charge in [0.25, 0.3) is 0 Å². The molecule has 0 N–H and O–H groups in total. The lowest BCUT2D eigenvalue weighted by atomic mass is 9.96. The van der Waals surface area contributed by atoms with E-state index in [4.69, 9.17) is 0 Å². The largest absolute Gasteiger partial charge is 0.310 e. The summed E-state index contributed by atoms with van der Waals surface area (Å²) in [7, 11) is 0. The number of rotatable bonds is 5. The topological polar surface area (TPSA) is 3.24 Å². The molecule has 1 nitrogen and oxygen atoms in total. The van der Waals surface area contributed by atoms with Gasteiger partial charge in [-0.1, -0.05) is 140 Å². The number of hydrogen-bond acceptors (Lipinski definition) is 2. The summed E-state index contributed by atoms with van der Waals surface area (Å²) in [6.45, 7) is 0. The second kappa shape index (κ2) is 11.0. The van der Waals surface area contributed by atoms with Gasteiger partial charge in [-0.15, -0.1) is 11.3 Å². The molecule has 2 heteroatoms. The first-order valence-corrected chi connectivity index (χ1v) is 16.5.